The quantitative estimate of drug-likeness (QED) is 0.225. The standard InChI is InChI=1S/C32H28F5NO/c1-21-27(16-9-17-28(21)33)29(39)38-32(20-22-10-5-4-6-11-22,25-14-7-12-23(18-25)30(2,34)35)26-15-8-13-24(19-26)31(3,36)37/h4-19H,20H2,1-3H3,(H,38,39). The Kier molecular flexibility index (Phi) is 7.64. The van der Waals surface area contributed by atoms with E-state index in [1.807, 2.05) is 0 Å². The largest absolute Gasteiger partial charge is 0.338 e. The van der Waals surface area contributed by atoms with Gasteiger partial charge in [0.15, 0.2) is 0 Å². The number of benzene rings is 4. The first-order chi connectivity index (χ1) is 18.3. The average Bonchev–Trinajstić information content (AvgIpc) is 2.89. The third-order valence-corrected chi connectivity index (χ3v) is 6.88. The smallest absolute Gasteiger partial charge is 0.270 e. The molecule has 0 unspecified atom stereocenters. The van der Waals surface area contributed by atoms with Gasteiger partial charge in [0.05, 0.1) is 5.54 Å². The van der Waals surface area contributed by atoms with E-state index < -0.39 is 29.1 Å². The molecule has 0 radical (unpaired) electrons. The number of carbonyl (C=O) groups excluding carboxylic acids is 1. The fourth-order valence-corrected chi connectivity index (χ4v) is 4.69. The highest BCUT2D eigenvalue weighted by Gasteiger charge is 2.39. The Morgan fingerprint density at radius 3 is 1.69 bits per heavy atom. The zero-order valence-electron chi connectivity index (χ0n) is 21.7. The number of rotatable bonds is 8. The molecule has 0 aliphatic rings. The van der Waals surface area contributed by atoms with Crippen LogP contribution in [0, 0.1) is 12.7 Å². The van der Waals surface area contributed by atoms with Crippen molar-refractivity contribution in [3.8, 4) is 0 Å². The highest BCUT2D eigenvalue weighted by molar-refractivity contribution is 5.96. The van der Waals surface area contributed by atoms with Crippen molar-refractivity contribution < 1.29 is 26.7 Å². The second-order valence-electron chi connectivity index (χ2n) is 9.87. The first-order valence-corrected chi connectivity index (χ1v) is 12.4. The van der Waals surface area contributed by atoms with Crippen LogP contribution in [0.1, 0.15) is 57.6 Å². The molecule has 0 aliphatic heterocycles. The predicted octanol–water partition coefficient (Wildman–Crippen LogP) is 8.27. The highest BCUT2D eigenvalue weighted by atomic mass is 19.3. The molecule has 7 heteroatoms. The number of hydrogen-bond donors (Lipinski definition) is 1. The van der Waals surface area contributed by atoms with Crippen LogP contribution in [0.15, 0.2) is 97.1 Å². The van der Waals surface area contributed by atoms with Gasteiger partial charge in [0, 0.05) is 37.0 Å². The van der Waals surface area contributed by atoms with Crippen LogP contribution in [0.3, 0.4) is 0 Å². The molecule has 4 aromatic carbocycles. The molecule has 2 nitrogen and oxygen atoms in total. The fourth-order valence-electron chi connectivity index (χ4n) is 4.69. The van der Waals surface area contributed by atoms with Gasteiger partial charge in [0.1, 0.15) is 5.82 Å². The molecule has 4 aromatic rings. The number of amides is 1. The SMILES string of the molecule is Cc1c(F)cccc1C(=O)NC(Cc1ccccc1)(c1cccc(C(C)(F)F)c1)c1cccc(C(C)(F)F)c1. The third kappa shape index (κ3) is 6.03. The Bertz CT molecular complexity index is 1410. The molecule has 0 heterocycles. The first-order valence-electron chi connectivity index (χ1n) is 12.4. The van der Waals surface area contributed by atoms with Crippen molar-refractivity contribution in [2.45, 2.75) is 44.6 Å². The van der Waals surface area contributed by atoms with Crippen molar-refractivity contribution in [1.82, 2.24) is 5.32 Å². The van der Waals surface area contributed by atoms with E-state index in [9.17, 15) is 26.7 Å². The molecule has 0 saturated heterocycles. The molecule has 1 N–H and O–H groups in total. The maximum absolute atomic E-state index is 14.5. The van der Waals surface area contributed by atoms with E-state index in [1.54, 1.807) is 42.5 Å². The molecule has 0 bridgehead atoms. The van der Waals surface area contributed by atoms with Gasteiger partial charge in [-0.2, -0.15) is 0 Å². The molecule has 0 fully saturated rings. The van der Waals surface area contributed by atoms with E-state index in [1.165, 1.54) is 61.5 Å². The Morgan fingerprint density at radius 1 is 0.692 bits per heavy atom. The minimum Gasteiger partial charge on any atom is -0.338 e. The van der Waals surface area contributed by atoms with E-state index in [2.05, 4.69) is 5.32 Å². The molecule has 1 amide bonds. The van der Waals surface area contributed by atoms with Crippen LogP contribution in [-0.2, 0) is 23.8 Å². The normalized spacial score (nSPS) is 12.3. The minimum atomic E-state index is -3.20. The van der Waals surface area contributed by atoms with E-state index in [-0.39, 0.29) is 39.8 Å². The van der Waals surface area contributed by atoms with Crippen LogP contribution >= 0.6 is 0 Å². The van der Waals surface area contributed by atoms with Crippen molar-refractivity contribution in [2.24, 2.45) is 0 Å². The molecule has 0 spiro atoms. The predicted molar refractivity (Wildman–Crippen MR) is 142 cm³/mol. The summed E-state index contributed by atoms with van der Waals surface area (Å²) in [6, 6.07) is 24.2. The monoisotopic (exact) mass is 537 g/mol. The molecule has 0 atom stereocenters. The summed E-state index contributed by atoms with van der Waals surface area (Å²) in [6.45, 7) is 2.98. The Hall–Kier alpha value is -4.00. The summed E-state index contributed by atoms with van der Waals surface area (Å²) in [4.78, 5) is 13.8. The number of halogens is 5. The van der Waals surface area contributed by atoms with Gasteiger partial charge in [-0.3, -0.25) is 4.79 Å². The van der Waals surface area contributed by atoms with Gasteiger partial charge in [-0.05, 0) is 53.4 Å². The lowest BCUT2D eigenvalue weighted by Crippen LogP contribution is -2.49. The topological polar surface area (TPSA) is 29.1 Å². The average molecular weight is 538 g/mol. The van der Waals surface area contributed by atoms with E-state index in [0.717, 1.165) is 19.4 Å². The van der Waals surface area contributed by atoms with Crippen LogP contribution in [0.25, 0.3) is 0 Å². The summed E-state index contributed by atoms with van der Waals surface area (Å²) >= 11 is 0. The molecular weight excluding hydrogens is 509 g/mol. The summed E-state index contributed by atoms with van der Waals surface area (Å²) in [6.07, 6.45) is 0.0470. The molecule has 0 aliphatic carbocycles. The van der Waals surface area contributed by atoms with Crippen molar-refractivity contribution in [1.29, 1.82) is 0 Å². The molecule has 39 heavy (non-hydrogen) atoms. The molecule has 0 saturated carbocycles. The number of nitrogens with one attached hydrogen (secondary N) is 1. The number of carbonyl (C=O) groups is 1. The van der Waals surface area contributed by atoms with E-state index in [0.29, 0.717) is 0 Å². The van der Waals surface area contributed by atoms with Crippen molar-refractivity contribution >= 4 is 5.91 Å². The summed E-state index contributed by atoms with van der Waals surface area (Å²) in [5.74, 6) is -7.66. The van der Waals surface area contributed by atoms with Crippen LogP contribution in [0.5, 0.6) is 0 Å². The summed E-state index contributed by atoms with van der Waals surface area (Å²) in [5, 5.41) is 2.96. The molecule has 0 aromatic heterocycles. The van der Waals surface area contributed by atoms with Gasteiger partial charge in [-0.1, -0.05) is 72.8 Å². The lowest BCUT2D eigenvalue weighted by Gasteiger charge is -2.37. The number of alkyl halides is 4. The van der Waals surface area contributed by atoms with E-state index >= 15 is 0 Å². The maximum atomic E-state index is 14.5. The van der Waals surface area contributed by atoms with Gasteiger partial charge < -0.3 is 5.32 Å². The first kappa shape index (κ1) is 28.0. The van der Waals surface area contributed by atoms with Gasteiger partial charge in [-0.25, -0.2) is 22.0 Å². The van der Waals surface area contributed by atoms with Crippen molar-refractivity contribution in [3.05, 3.63) is 142 Å². The molecule has 202 valence electrons. The van der Waals surface area contributed by atoms with Crippen molar-refractivity contribution in [2.75, 3.05) is 0 Å². The van der Waals surface area contributed by atoms with Crippen molar-refractivity contribution in [3.63, 3.8) is 0 Å². The molecule has 4 rings (SSSR count). The Balaban J connectivity index is 2.02. The summed E-state index contributed by atoms with van der Waals surface area (Å²) in [7, 11) is 0. The Labute approximate surface area is 224 Å². The van der Waals surface area contributed by atoms with Crippen LogP contribution in [-0.4, -0.2) is 5.91 Å². The zero-order chi connectivity index (χ0) is 28.4. The Morgan fingerprint density at radius 2 is 1.18 bits per heavy atom. The summed E-state index contributed by atoms with van der Waals surface area (Å²) < 4.78 is 72.3. The second-order valence-corrected chi connectivity index (χ2v) is 9.87. The van der Waals surface area contributed by atoms with Gasteiger partial charge in [0.2, 0.25) is 0 Å². The highest BCUT2D eigenvalue weighted by Crippen LogP contribution is 2.39. The second kappa shape index (κ2) is 10.6. The maximum Gasteiger partial charge on any atom is 0.270 e. The van der Waals surface area contributed by atoms with Crippen LogP contribution in [0.4, 0.5) is 22.0 Å². The minimum absolute atomic E-state index is 0.0430. The number of hydrogen-bond acceptors (Lipinski definition) is 1. The van der Waals surface area contributed by atoms with Gasteiger partial charge in [-0.15, -0.1) is 0 Å². The van der Waals surface area contributed by atoms with Crippen LogP contribution < -0.4 is 5.32 Å². The van der Waals surface area contributed by atoms with Gasteiger partial charge in [0.25, 0.3) is 17.8 Å². The van der Waals surface area contributed by atoms with Gasteiger partial charge >= 0.3 is 0 Å². The fraction of sp³-hybridized carbons (Fsp3) is 0.219. The van der Waals surface area contributed by atoms with Crippen LogP contribution in [0.2, 0.25) is 0 Å². The third-order valence-electron chi connectivity index (χ3n) is 6.88. The zero-order valence-corrected chi connectivity index (χ0v) is 21.7. The lowest BCUT2D eigenvalue weighted by atomic mass is 9.76. The van der Waals surface area contributed by atoms with E-state index in [4.69, 9.17) is 0 Å². The molecular formula is C32H28F5NO. The summed E-state index contributed by atoms with van der Waals surface area (Å²) in [5.41, 5.74) is -0.770. The lowest BCUT2D eigenvalue weighted by molar-refractivity contribution is 0.0168.